The third-order valence-electron chi connectivity index (χ3n) is 5.14. The van der Waals surface area contributed by atoms with E-state index in [0.717, 1.165) is 38.8 Å². The monoisotopic (exact) mass is 375 g/mol. The highest BCUT2D eigenvalue weighted by atomic mass is 35.5. The number of aryl methyl sites for hydroxylation is 2. The van der Waals surface area contributed by atoms with Gasteiger partial charge in [-0.25, -0.2) is 4.79 Å². The van der Waals surface area contributed by atoms with Gasteiger partial charge in [-0.15, -0.1) is 23.7 Å². The zero-order valence-corrected chi connectivity index (χ0v) is 15.9. The number of benzene rings is 1. The third kappa shape index (κ3) is 3.39. The van der Waals surface area contributed by atoms with E-state index in [0.29, 0.717) is 4.88 Å². The molecule has 0 amide bonds. The normalized spacial score (nSPS) is 17.3. The number of halogens is 1. The predicted molar refractivity (Wildman–Crippen MR) is 105 cm³/mol. The highest BCUT2D eigenvalue weighted by molar-refractivity contribution is 7.15. The van der Waals surface area contributed by atoms with Crippen molar-refractivity contribution in [1.82, 2.24) is 4.90 Å². The van der Waals surface area contributed by atoms with Crippen molar-refractivity contribution in [2.45, 2.75) is 25.7 Å². The molecule has 0 atom stereocenters. The predicted octanol–water partition coefficient (Wildman–Crippen LogP) is 4.49. The molecule has 3 nitrogen and oxygen atoms in total. The van der Waals surface area contributed by atoms with Gasteiger partial charge in [-0.1, -0.05) is 29.8 Å². The number of nitrogens with zero attached hydrogens (tertiary/aromatic N) is 1. The van der Waals surface area contributed by atoms with Crippen molar-refractivity contribution < 1.29 is 9.90 Å². The van der Waals surface area contributed by atoms with Crippen LogP contribution in [-0.2, 0) is 12.8 Å². The van der Waals surface area contributed by atoms with Crippen molar-refractivity contribution in [2.24, 2.45) is 0 Å². The minimum atomic E-state index is -0.811. The lowest BCUT2D eigenvalue weighted by Gasteiger charge is -2.27. The van der Waals surface area contributed by atoms with Crippen LogP contribution in [0.4, 0.5) is 0 Å². The van der Waals surface area contributed by atoms with Crippen LogP contribution in [0, 0.1) is 0 Å². The first kappa shape index (κ1) is 18.2. The fraction of sp³-hybridized carbons (Fsp3) is 0.350. The van der Waals surface area contributed by atoms with E-state index in [9.17, 15) is 9.90 Å². The molecule has 25 heavy (non-hydrogen) atoms. The molecule has 0 radical (unpaired) electrons. The van der Waals surface area contributed by atoms with Crippen LogP contribution in [0.15, 0.2) is 35.9 Å². The molecule has 0 spiro atoms. The number of carboxylic acids is 1. The quantitative estimate of drug-likeness (QED) is 0.798. The fourth-order valence-electron chi connectivity index (χ4n) is 3.79. The molecule has 0 unspecified atom stereocenters. The second-order valence-corrected chi connectivity index (χ2v) is 7.76. The Morgan fingerprint density at radius 2 is 1.76 bits per heavy atom. The first-order valence-corrected chi connectivity index (χ1v) is 9.30. The van der Waals surface area contributed by atoms with Crippen LogP contribution in [0.5, 0.6) is 0 Å². The average molecular weight is 376 g/mol. The van der Waals surface area contributed by atoms with Crippen molar-refractivity contribution >= 4 is 35.3 Å². The van der Waals surface area contributed by atoms with Gasteiger partial charge in [-0.2, -0.15) is 0 Å². The Kier molecular flexibility index (Phi) is 5.32. The highest BCUT2D eigenvalue weighted by Gasteiger charge is 2.26. The van der Waals surface area contributed by atoms with E-state index in [1.165, 1.54) is 44.1 Å². The van der Waals surface area contributed by atoms with Crippen LogP contribution in [0.2, 0.25) is 0 Å². The lowest BCUT2D eigenvalue weighted by atomic mass is 9.90. The number of hydrogen-bond acceptors (Lipinski definition) is 3. The Balaban J connectivity index is 0.00000182. The van der Waals surface area contributed by atoms with Crippen LogP contribution in [0.3, 0.4) is 0 Å². The smallest absolute Gasteiger partial charge is 0.345 e. The molecule has 2 aliphatic rings. The summed E-state index contributed by atoms with van der Waals surface area (Å²) in [6, 6.07) is 10.5. The molecule has 0 saturated carbocycles. The zero-order chi connectivity index (χ0) is 16.7. The number of rotatable bonds is 1. The molecule has 2 aromatic rings. The number of piperidine rings is 1. The van der Waals surface area contributed by atoms with E-state index < -0.39 is 5.97 Å². The summed E-state index contributed by atoms with van der Waals surface area (Å²) < 4.78 is 0. The van der Waals surface area contributed by atoms with Crippen molar-refractivity contribution in [3.8, 4) is 0 Å². The Labute approximate surface area is 158 Å². The van der Waals surface area contributed by atoms with Gasteiger partial charge in [0.15, 0.2) is 0 Å². The maximum absolute atomic E-state index is 11.5. The van der Waals surface area contributed by atoms with Crippen LogP contribution in [-0.4, -0.2) is 36.1 Å². The Hall–Kier alpha value is -1.62. The van der Waals surface area contributed by atoms with Gasteiger partial charge < -0.3 is 10.0 Å². The minimum Gasteiger partial charge on any atom is -0.477 e. The summed E-state index contributed by atoms with van der Waals surface area (Å²) in [5, 5.41) is 9.42. The lowest BCUT2D eigenvalue weighted by Crippen LogP contribution is -2.26. The van der Waals surface area contributed by atoms with Crippen molar-refractivity contribution in [2.75, 3.05) is 20.1 Å². The molecular formula is C20H22ClNO2S. The zero-order valence-electron chi connectivity index (χ0n) is 14.2. The maximum atomic E-state index is 11.5. The van der Waals surface area contributed by atoms with Gasteiger partial charge in [-0.3, -0.25) is 0 Å². The Morgan fingerprint density at radius 3 is 2.48 bits per heavy atom. The van der Waals surface area contributed by atoms with Crippen LogP contribution in [0.1, 0.15) is 44.1 Å². The molecule has 2 heterocycles. The van der Waals surface area contributed by atoms with Gasteiger partial charge in [-0.05, 0) is 61.1 Å². The molecule has 0 bridgehead atoms. The standard InChI is InChI=1S/C20H21NO2S.ClH/c1-21-10-8-14(9-11-21)18-16-5-3-2-4-13(16)6-7-15-12-17(20(22)23)24-19(15)18;/h2-5,12H,6-11H2,1H3,(H,22,23);1H. The summed E-state index contributed by atoms with van der Waals surface area (Å²) in [4.78, 5) is 15.5. The fourth-order valence-corrected chi connectivity index (χ4v) is 4.95. The van der Waals surface area contributed by atoms with Crippen LogP contribution >= 0.6 is 23.7 Å². The molecule has 1 aliphatic heterocycles. The lowest BCUT2D eigenvalue weighted by molar-refractivity contribution is 0.0702. The number of likely N-dealkylation sites (tertiary alicyclic amines) is 1. The largest absolute Gasteiger partial charge is 0.477 e. The van der Waals surface area contributed by atoms with Gasteiger partial charge in [0, 0.05) is 18.0 Å². The van der Waals surface area contributed by atoms with Gasteiger partial charge in [0.2, 0.25) is 0 Å². The average Bonchev–Trinajstić information content (AvgIpc) is 2.94. The number of carboxylic acid groups (broad SMARTS) is 1. The second-order valence-electron chi connectivity index (χ2n) is 6.71. The topological polar surface area (TPSA) is 40.5 Å². The minimum absolute atomic E-state index is 0. The van der Waals surface area contributed by atoms with E-state index in [1.807, 2.05) is 6.07 Å². The van der Waals surface area contributed by atoms with Crippen molar-refractivity contribution in [3.05, 3.63) is 62.3 Å². The number of aromatic carboxylic acids is 1. The summed E-state index contributed by atoms with van der Waals surface area (Å²) in [6.07, 6.45) is 4.04. The van der Waals surface area contributed by atoms with Crippen LogP contribution in [0.25, 0.3) is 5.57 Å². The molecule has 4 rings (SSSR count). The van der Waals surface area contributed by atoms with E-state index in [1.54, 1.807) is 0 Å². The van der Waals surface area contributed by atoms with E-state index in [2.05, 4.69) is 36.2 Å². The van der Waals surface area contributed by atoms with Gasteiger partial charge >= 0.3 is 5.97 Å². The summed E-state index contributed by atoms with van der Waals surface area (Å²) in [5.41, 5.74) is 6.72. The summed E-state index contributed by atoms with van der Waals surface area (Å²) in [5.74, 6) is -0.811. The molecule has 1 aromatic carbocycles. The van der Waals surface area contributed by atoms with E-state index in [4.69, 9.17) is 0 Å². The van der Waals surface area contributed by atoms with E-state index in [-0.39, 0.29) is 12.4 Å². The molecule has 5 heteroatoms. The highest BCUT2D eigenvalue weighted by Crippen LogP contribution is 2.42. The molecule has 1 aromatic heterocycles. The number of fused-ring (bicyclic) bond motifs is 2. The molecule has 1 fully saturated rings. The number of thiophene rings is 1. The Bertz CT molecular complexity index is 830. The third-order valence-corrected chi connectivity index (χ3v) is 6.32. The molecular weight excluding hydrogens is 354 g/mol. The molecule has 1 saturated heterocycles. The second kappa shape index (κ2) is 7.32. The number of hydrogen-bond donors (Lipinski definition) is 1. The first-order valence-electron chi connectivity index (χ1n) is 8.48. The van der Waals surface area contributed by atoms with Crippen molar-refractivity contribution in [3.63, 3.8) is 0 Å². The van der Waals surface area contributed by atoms with E-state index >= 15 is 0 Å². The van der Waals surface area contributed by atoms with Gasteiger partial charge in [0.05, 0.1) is 0 Å². The summed E-state index contributed by atoms with van der Waals surface area (Å²) in [7, 11) is 2.17. The van der Waals surface area contributed by atoms with Gasteiger partial charge in [0.1, 0.15) is 4.88 Å². The maximum Gasteiger partial charge on any atom is 0.345 e. The molecule has 1 N–H and O–H groups in total. The summed E-state index contributed by atoms with van der Waals surface area (Å²) in [6.45, 7) is 2.15. The SMILES string of the molecule is CN1CCC(=C2c3ccccc3CCc3cc(C(=O)O)sc32)CC1.Cl. The molecule has 1 aliphatic carbocycles. The van der Waals surface area contributed by atoms with Gasteiger partial charge in [0.25, 0.3) is 0 Å². The first-order chi connectivity index (χ1) is 11.6. The molecule has 132 valence electrons. The number of carbonyl (C=O) groups is 1. The Morgan fingerprint density at radius 1 is 1.08 bits per heavy atom. The van der Waals surface area contributed by atoms with Crippen molar-refractivity contribution in [1.29, 1.82) is 0 Å². The van der Waals surface area contributed by atoms with Crippen LogP contribution < -0.4 is 0 Å². The summed E-state index contributed by atoms with van der Waals surface area (Å²) >= 11 is 1.45.